The summed E-state index contributed by atoms with van der Waals surface area (Å²) in [5.74, 6) is 1.65. The molecular formula is C20H29N7O2. The van der Waals surface area contributed by atoms with Crippen molar-refractivity contribution in [3.8, 4) is 5.75 Å². The molecule has 0 fully saturated rings. The lowest BCUT2D eigenvalue weighted by Gasteiger charge is -2.18. The summed E-state index contributed by atoms with van der Waals surface area (Å²) in [7, 11) is 1.59. The number of anilines is 3. The van der Waals surface area contributed by atoms with E-state index in [-0.39, 0.29) is 6.04 Å². The first kappa shape index (κ1) is 20.7. The number of nitrogens with one attached hydrogen (secondary N) is 2. The fourth-order valence-electron chi connectivity index (χ4n) is 2.89. The Balaban J connectivity index is 1.95. The lowest BCUT2D eigenvalue weighted by molar-refractivity contribution is 0.0943. The van der Waals surface area contributed by atoms with Gasteiger partial charge in [0.15, 0.2) is 17.0 Å². The van der Waals surface area contributed by atoms with Gasteiger partial charge in [0.2, 0.25) is 5.95 Å². The number of nitrogen functional groups attached to an aromatic ring is 1. The fourth-order valence-corrected chi connectivity index (χ4v) is 2.89. The molecule has 0 aliphatic rings. The first-order valence-corrected chi connectivity index (χ1v) is 9.55. The average Bonchev–Trinajstić information content (AvgIpc) is 3.09. The monoisotopic (exact) mass is 399 g/mol. The molecule has 3 rings (SSSR count). The largest absolute Gasteiger partial charge is 0.495 e. The standard InChI is InChI=1S/C20H29N7O2/c1-12(2)27-11-24-16-17(22-9-13-7-6-8-14(29-5)15(13)21)25-19(26-18(16)27)23-10-20(3,4)28/h6-8,11-12,28H,9-10,21H2,1-5H3,(H2,22,23,25,26). The van der Waals surface area contributed by atoms with Crippen LogP contribution in [0.4, 0.5) is 17.5 Å². The van der Waals surface area contributed by atoms with Gasteiger partial charge in [-0.3, -0.25) is 0 Å². The third kappa shape index (κ3) is 4.68. The van der Waals surface area contributed by atoms with Crippen molar-refractivity contribution in [1.82, 2.24) is 19.5 Å². The molecule has 156 valence electrons. The molecule has 9 nitrogen and oxygen atoms in total. The summed E-state index contributed by atoms with van der Waals surface area (Å²) in [6, 6.07) is 5.85. The van der Waals surface area contributed by atoms with E-state index >= 15 is 0 Å². The molecule has 0 unspecified atom stereocenters. The number of methoxy groups -OCH3 is 1. The Hall–Kier alpha value is -3.07. The van der Waals surface area contributed by atoms with E-state index in [0.717, 1.165) is 11.2 Å². The van der Waals surface area contributed by atoms with Crippen LogP contribution in [0.3, 0.4) is 0 Å². The second kappa shape index (κ2) is 8.12. The highest BCUT2D eigenvalue weighted by Crippen LogP contribution is 2.27. The Labute approximate surface area is 170 Å². The minimum atomic E-state index is -0.890. The number of benzene rings is 1. The van der Waals surface area contributed by atoms with Gasteiger partial charge >= 0.3 is 0 Å². The van der Waals surface area contributed by atoms with E-state index in [1.807, 2.05) is 22.8 Å². The van der Waals surface area contributed by atoms with E-state index in [9.17, 15) is 5.11 Å². The average molecular weight is 399 g/mol. The Morgan fingerprint density at radius 2 is 2.00 bits per heavy atom. The van der Waals surface area contributed by atoms with Crippen LogP contribution in [0.15, 0.2) is 24.5 Å². The zero-order valence-electron chi connectivity index (χ0n) is 17.5. The number of nitrogens with zero attached hydrogens (tertiary/aromatic N) is 4. The highest BCUT2D eigenvalue weighted by Gasteiger charge is 2.18. The van der Waals surface area contributed by atoms with E-state index in [0.29, 0.717) is 41.8 Å². The maximum absolute atomic E-state index is 10.0. The van der Waals surface area contributed by atoms with Crippen LogP contribution in [-0.2, 0) is 6.54 Å². The van der Waals surface area contributed by atoms with Crippen molar-refractivity contribution in [3.63, 3.8) is 0 Å². The van der Waals surface area contributed by atoms with Gasteiger partial charge in [-0.1, -0.05) is 12.1 Å². The van der Waals surface area contributed by atoms with Gasteiger partial charge in [0.25, 0.3) is 0 Å². The minimum absolute atomic E-state index is 0.193. The van der Waals surface area contributed by atoms with Gasteiger partial charge in [-0.25, -0.2) is 4.98 Å². The number of rotatable bonds is 8. The Bertz CT molecular complexity index is 992. The van der Waals surface area contributed by atoms with Crippen molar-refractivity contribution in [3.05, 3.63) is 30.1 Å². The number of nitrogens with two attached hydrogens (primary N) is 1. The van der Waals surface area contributed by atoms with Gasteiger partial charge in [0.05, 0.1) is 24.7 Å². The topological polar surface area (TPSA) is 123 Å². The van der Waals surface area contributed by atoms with Crippen molar-refractivity contribution in [2.24, 2.45) is 0 Å². The van der Waals surface area contributed by atoms with Crippen molar-refractivity contribution >= 4 is 28.6 Å². The Morgan fingerprint density at radius 3 is 2.66 bits per heavy atom. The SMILES string of the molecule is COc1cccc(CNc2nc(NCC(C)(C)O)nc3c2ncn3C(C)C)c1N. The first-order chi connectivity index (χ1) is 13.7. The number of hydrogen-bond donors (Lipinski definition) is 4. The van der Waals surface area contributed by atoms with Gasteiger partial charge < -0.3 is 30.8 Å². The normalized spacial score (nSPS) is 11.8. The molecular weight excluding hydrogens is 370 g/mol. The molecule has 0 radical (unpaired) electrons. The summed E-state index contributed by atoms with van der Waals surface area (Å²) in [5, 5.41) is 16.4. The van der Waals surface area contributed by atoms with Gasteiger partial charge in [0.1, 0.15) is 5.75 Å². The second-order valence-electron chi connectivity index (χ2n) is 7.87. The van der Waals surface area contributed by atoms with Crippen LogP contribution in [0.5, 0.6) is 5.75 Å². The van der Waals surface area contributed by atoms with E-state index in [1.54, 1.807) is 27.3 Å². The molecule has 9 heteroatoms. The van der Waals surface area contributed by atoms with E-state index < -0.39 is 5.60 Å². The molecule has 0 spiro atoms. The van der Waals surface area contributed by atoms with Gasteiger partial charge in [0, 0.05) is 19.1 Å². The number of ether oxygens (including phenoxy) is 1. The number of aliphatic hydroxyl groups is 1. The first-order valence-electron chi connectivity index (χ1n) is 9.55. The van der Waals surface area contributed by atoms with E-state index in [2.05, 4.69) is 39.4 Å². The molecule has 29 heavy (non-hydrogen) atoms. The highest BCUT2D eigenvalue weighted by molar-refractivity contribution is 5.84. The molecule has 0 atom stereocenters. The van der Waals surface area contributed by atoms with Crippen LogP contribution in [0.25, 0.3) is 11.2 Å². The summed E-state index contributed by atoms with van der Waals surface area (Å²) in [6.07, 6.45) is 1.76. The predicted octanol–water partition coefficient (Wildman–Crippen LogP) is 2.79. The molecule has 0 saturated carbocycles. The number of aromatic nitrogens is 4. The van der Waals surface area contributed by atoms with Crippen LogP contribution in [0.2, 0.25) is 0 Å². The molecule has 2 heterocycles. The molecule has 5 N–H and O–H groups in total. The maximum Gasteiger partial charge on any atom is 0.226 e. The number of fused-ring (bicyclic) bond motifs is 1. The molecule has 0 aliphatic carbocycles. The summed E-state index contributed by atoms with van der Waals surface area (Å²) >= 11 is 0. The summed E-state index contributed by atoms with van der Waals surface area (Å²) in [6.45, 7) is 8.35. The molecule has 1 aromatic carbocycles. The quantitative estimate of drug-likeness (QED) is 0.426. The third-order valence-corrected chi connectivity index (χ3v) is 4.48. The Kier molecular flexibility index (Phi) is 5.78. The van der Waals surface area contributed by atoms with Crippen LogP contribution in [0.1, 0.15) is 39.3 Å². The second-order valence-corrected chi connectivity index (χ2v) is 7.87. The highest BCUT2D eigenvalue weighted by atomic mass is 16.5. The van der Waals surface area contributed by atoms with Crippen molar-refractivity contribution in [1.29, 1.82) is 0 Å². The van der Waals surface area contributed by atoms with Gasteiger partial charge in [-0.2, -0.15) is 9.97 Å². The van der Waals surface area contributed by atoms with Crippen molar-refractivity contribution in [2.45, 2.75) is 45.9 Å². The predicted molar refractivity (Wildman–Crippen MR) is 115 cm³/mol. The number of hydrogen-bond acceptors (Lipinski definition) is 8. The van der Waals surface area contributed by atoms with Crippen LogP contribution >= 0.6 is 0 Å². The zero-order valence-corrected chi connectivity index (χ0v) is 17.5. The number of imidazole rings is 1. The van der Waals surface area contributed by atoms with E-state index in [1.165, 1.54) is 0 Å². The summed E-state index contributed by atoms with van der Waals surface area (Å²) < 4.78 is 7.28. The summed E-state index contributed by atoms with van der Waals surface area (Å²) in [5.41, 5.74) is 8.16. The van der Waals surface area contributed by atoms with E-state index in [4.69, 9.17) is 10.5 Å². The molecule has 0 saturated heterocycles. The van der Waals surface area contributed by atoms with Crippen molar-refractivity contribution < 1.29 is 9.84 Å². The van der Waals surface area contributed by atoms with Crippen LogP contribution < -0.4 is 21.1 Å². The molecule has 0 amide bonds. The molecule has 0 aliphatic heterocycles. The summed E-state index contributed by atoms with van der Waals surface area (Å²) in [4.78, 5) is 13.7. The molecule has 0 bridgehead atoms. The van der Waals surface area contributed by atoms with Crippen molar-refractivity contribution in [2.75, 3.05) is 30.0 Å². The lowest BCUT2D eigenvalue weighted by atomic mass is 10.1. The van der Waals surface area contributed by atoms with Gasteiger partial charge in [-0.05, 0) is 39.3 Å². The minimum Gasteiger partial charge on any atom is -0.495 e. The third-order valence-electron chi connectivity index (χ3n) is 4.48. The lowest BCUT2D eigenvalue weighted by Crippen LogP contribution is -2.30. The number of para-hydroxylation sites is 1. The van der Waals surface area contributed by atoms with Crippen LogP contribution in [-0.4, -0.2) is 43.9 Å². The van der Waals surface area contributed by atoms with Gasteiger partial charge in [-0.15, -0.1) is 0 Å². The Morgan fingerprint density at radius 1 is 1.24 bits per heavy atom. The maximum atomic E-state index is 10.0. The molecule has 3 aromatic rings. The fraction of sp³-hybridized carbons (Fsp3) is 0.450. The van der Waals surface area contributed by atoms with Crippen LogP contribution in [0, 0.1) is 0 Å². The zero-order chi connectivity index (χ0) is 21.2. The molecule has 2 aromatic heterocycles. The smallest absolute Gasteiger partial charge is 0.226 e.